The third-order valence-corrected chi connectivity index (χ3v) is 3.58. The van der Waals surface area contributed by atoms with E-state index < -0.39 is 11.6 Å². The van der Waals surface area contributed by atoms with Crippen molar-refractivity contribution in [1.82, 2.24) is 15.5 Å². The Morgan fingerprint density at radius 1 is 1.45 bits per heavy atom. The standard InChI is InChI=1S/C15H21N3O4/c1-10(11-6-5-9-22-11)16-12(19)7-4-8-18-13(20)15(2,3)17-14(18)21/h5-6,9-10H,4,7-8H2,1-3H3,(H,16,19)(H,17,21). The summed E-state index contributed by atoms with van der Waals surface area (Å²) < 4.78 is 5.21. The zero-order chi connectivity index (χ0) is 16.3. The summed E-state index contributed by atoms with van der Waals surface area (Å²) in [6.07, 6.45) is 2.21. The van der Waals surface area contributed by atoms with E-state index in [0.717, 1.165) is 4.90 Å². The molecule has 7 heteroatoms. The van der Waals surface area contributed by atoms with Crippen molar-refractivity contribution < 1.29 is 18.8 Å². The zero-order valence-corrected chi connectivity index (χ0v) is 13.0. The van der Waals surface area contributed by atoms with Crippen LogP contribution in [0.5, 0.6) is 0 Å². The molecule has 7 nitrogen and oxygen atoms in total. The number of rotatable bonds is 6. The summed E-state index contributed by atoms with van der Waals surface area (Å²) in [5.41, 5.74) is -0.868. The van der Waals surface area contributed by atoms with Crippen LogP contribution in [0.3, 0.4) is 0 Å². The second-order valence-corrected chi connectivity index (χ2v) is 5.92. The van der Waals surface area contributed by atoms with Crippen LogP contribution in [0.1, 0.15) is 45.4 Å². The Bertz CT molecular complexity index is 565. The number of nitrogens with zero attached hydrogens (tertiary/aromatic N) is 1. The normalized spacial score (nSPS) is 18.2. The lowest BCUT2D eigenvalue weighted by molar-refractivity contribution is -0.130. The molecule has 1 aromatic rings. The Hall–Kier alpha value is -2.31. The monoisotopic (exact) mass is 307 g/mol. The van der Waals surface area contributed by atoms with Gasteiger partial charge in [0.25, 0.3) is 5.91 Å². The molecule has 0 aliphatic carbocycles. The van der Waals surface area contributed by atoms with Crippen LogP contribution in [0.15, 0.2) is 22.8 Å². The molecule has 22 heavy (non-hydrogen) atoms. The summed E-state index contributed by atoms with van der Waals surface area (Å²) >= 11 is 0. The van der Waals surface area contributed by atoms with E-state index in [0.29, 0.717) is 12.2 Å². The molecule has 1 aromatic heterocycles. The summed E-state index contributed by atoms with van der Waals surface area (Å²) in [5.74, 6) is 0.279. The highest BCUT2D eigenvalue weighted by molar-refractivity contribution is 6.06. The third-order valence-electron chi connectivity index (χ3n) is 3.58. The molecule has 1 aliphatic heterocycles. The van der Waals surface area contributed by atoms with Crippen LogP contribution in [-0.4, -0.2) is 34.8 Å². The molecule has 1 aliphatic rings. The van der Waals surface area contributed by atoms with E-state index in [4.69, 9.17) is 4.42 Å². The van der Waals surface area contributed by atoms with E-state index >= 15 is 0 Å². The maximum Gasteiger partial charge on any atom is 0.325 e. The Kier molecular flexibility index (Phi) is 4.54. The van der Waals surface area contributed by atoms with Gasteiger partial charge in [0.15, 0.2) is 0 Å². The van der Waals surface area contributed by atoms with Gasteiger partial charge in [0, 0.05) is 13.0 Å². The predicted octanol–water partition coefficient (Wildman–Crippen LogP) is 1.57. The summed E-state index contributed by atoms with van der Waals surface area (Å²) in [6, 6.07) is 2.94. The van der Waals surface area contributed by atoms with Gasteiger partial charge in [-0.3, -0.25) is 14.5 Å². The molecule has 0 aromatic carbocycles. The summed E-state index contributed by atoms with van der Waals surface area (Å²) in [6.45, 7) is 5.38. The largest absolute Gasteiger partial charge is 0.467 e. The van der Waals surface area contributed by atoms with Crippen molar-refractivity contribution in [2.45, 2.75) is 45.2 Å². The van der Waals surface area contributed by atoms with Gasteiger partial charge >= 0.3 is 6.03 Å². The number of nitrogens with one attached hydrogen (secondary N) is 2. The highest BCUT2D eigenvalue weighted by Crippen LogP contribution is 2.17. The van der Waals surface area contributed by atoms with Crippen molar-refractivity contribution in [3.05, 3.63) is 24.2 Å². The van der Waals surface area contributed by atoms with E-state index in [2.05, 4.69) is 10.6 Å². The number of carbonyl (C=O) groups is 3. The molecule has 0 spiro atoms. The lowest BCUT2D eigenvalue weighted by atomic mass is 10.1. The van der Waals surface area contributed by atoms with Gasteiger partial charge < -0.3 is 15.1 Å². The van der Waals surface area contributed by atoms with Gasteiger partial charge in [-0.05, 0) is 39.3 Å². The molecule has 1 saturated heterocycles. The van der Waals surface area contributed by atoms with Gasteiger partial charge in [-0.25, -0.2) is 4.79 Å². The van der Waals surface area contributed by atoms with Crippen molar-refractivity contribution in [2.75, 3.05) is 6.54 Å². The minimum atomic E-state index is -0.868. The first kappa shape index (κ1) is 16.1. The van der Waals surface area contributed by atoms with Crippen LogP contribution in [0.2, 0.25) is 0 Å². The van der Waals surface area contributed by atoms with Crippen LogP contribution in [0.4, 0.5) is 4.79 Å². The van der Waals surface area contributed by atoms with Gasteiger partial charge in [0.05, 0.1) is 12.3 Å². The van der Waals surface area contributed by atoms with Gasteiger partial charge in [0.2, 0.25) is 5.91 Å². The topological polar surface area (TPSA) is 91.7 Å². The molecule has 2 rings (SSSR count). The number of amides is 4. The fourth-order valence-electron chi connectivity index (χ4n) is 2.34. The van der Waals surface area contributed by atoms with E-state index in [9.17, 15) is 14.4 Å². The Morgan fingerprint density at radius 3 is 2.73 bits per heavy atom. The molecule has 0 saturated carbocycles. The molecule has 0 radical (unpaired) electrons. The Labute approximate surface area is 129 Å². The van der Waals surface area contributed by atoms with E-state index in [-0.39, 0.29) is 30.8 Å². The van der Waals surface area contributed by atoms with Crippen LogP contribution in [0.25, 0.3) is 0 Å². The minimum absolute atomic E-state index is 0.143. The number of hydrogen-bond donors (Lipinski definition) is 2. The van der Waals surface area contributed by atoms with Gasteiger partial charge in [-0.2, -0.15) is 0 Å². The molecule has 4 amide bonds. The first-order valence-corrected chi connectivity index (χ1v) is 7.28. The minimum Gasteiger partial charge on any atom is -0.467 e. The summed E-state index contributed by atoms with van der Waals surface area (Å²) in [5, 5.41) is 5.42. The van der Waals surface area contributed by atoms with Crippen LogP contribution < -0.4 is 10.6 Å². The fraction of sp³-hybridized carbons (Fsp3) is 0.533. The lowest BCUT2D eigenvalue weighted by Gasteiger charge is -2.16. The summed E-state index contributed by atoms with van der Waals surface area (Å²) in [4.78, 5) is 36.7. The lowest BCUT2D eigenvalue weighted by Crippen LogP contribution is -2.40. The first-order chi connectivity index (χ1) is 10.3. The Morgan fingerprint density at radius 2 is 2.18 bits per heavy atom. The molecule has 120 valence electrons. The molecular formula is C15H21N3O4. The van der Waals surface area contributed by atoms with Crippen molar-refractivity contribution in [3.8, 4) is 0 Å². The summed E-state index contributed by atoms with van der Waals surface area (Å²) in [7, 11) is 0. The molecule has 1 unspecified atom stereocenters. The van der Waals surface area contributed by atoms with E-state index in [1.54, 1.807) is 32.2 Å². The van der Waals surface area contributed by atoms with Crippen molar-refractivity contribution >= 4 is 17.8 Å². The molecule has 0 bridgehead atoms. The number of carbonyl (C=O) groups excluding carboxylic acids is 3. The Balaban J connectivity index is 1.76. The molecule has 1 atom stereocenters. The number of furan rings is 1. The van der Waals surface area contributed by atoms with Gasteiger partial charge in [0.1, 0.15) is 11.3 Å². The van der Waals surface area contributed by atoms with E-state index in [1.807, 2.05) is 6.92 Å². The zero-order valence-electron chi connectivity index (χ0n) is 13.0. The highest BCUT2D eigenvalue weighted by Gasteiger charge is 2.43. The van der Waals surface area contributed by atoms with Crippen molar-refractivity contribution in [3.63, 3.8) is 0 Å². The van der Waals surface area contributed by atoms with Crippen LogP contribution in [0, 0.1) is 0 Å². The molecular weight excluding hydrogens is 286 g/mol. The number of urea groups is 1. The van der Waals surface area contributed by atoms with Crippen molar-refractivity contribution in [2.24, 2.45) is 0 Å². The molecule has 2 heterocycles. The first-order valence-electron chi connectivity index (χ1n) is 7.28. The van der Waals surface area contributed by atoms with Crippen molar-refractivity contribution in [1.29, 1.82) is 0 Å². The number of imide groups is 1. The average Bonchev–Trinajstić information content (AvgIpc) is 3.01. The maximum atomic E-state index is 12.0. The smallest absolute Gasteiger partial charge is 0.325 e. The second-order valence-electron chi connectivity index (χ2n) is 5.92. The van der Waals surface area contributed by atoms with Crippen LogP contribution in [-0.2, 0) is 9.59 Å². The predicted molar refractivity (Wildman–Crippen MR) is 78.8 cm³/mol. The van der Waals surface area contributed by atoms with Gasteiger partial charge in [-0.1, -0.05) is 0 Å². The number of hydrogen-bond acceptors (Lipinski definition) is 4. The maximum absolute atomic E-state index is 12.0. The SMILES string of the molecule is CC(NC(=O)CCCN1C(=O)NC(C)(C)C1=O)c1ccco1. The quantitative estimate of drug-likeness (QED) is 0.780. The van der Waals surface area contributed by atoms with Gasteiger partial charge in [-0.15, -0.1) is 0 Å². The second kappa shape index (κ2) is 6.21. The third kappa shape index (κ3) is 3.47. The molecule has 1 fully saturated rings. The highest BCUT2D eigenvalue weighted by atomic mass is 16.3. The van der Waals surface area contributed by atoms with Crippen LogP contribution >= 0.6 is 0 Å². The molecule has 2 N–H and O–H groups in total. The average molecular weight is 307 g/mol. The van der Waals surface area contributed by atoms with E-state index in [1.165, 1.54) is 0 Å². The fourth-order valence-corrected chi connectivity index (χ4v) is 2.34.